The van der Waals surface area contributed by atoms with Gasteiger partial charge in [-0.1, -0.05) is 63.4 Å². The summed E-state index contributed by atoms with van der Waals surface area (Å²) in [7, 11) is 0. The molecule has 0 fully saturated rings. The highest BCUT2D eigenvalue weighted by molar-refractivity contribution is 6.42. The average molecular weight is 519 g/mol. The molecule has 2 aromatic carbocycles. The van der Waals surface area contributed by atoms with Crippen LogP contribution in [0.5, 0.6) is 0 Å². The van der Waals surface area contributed by atoms with Gasteiger partial charge in [0.15, 0.2) is 0 Å². The fourth-order valence-electron chi connectivity index (χ4n) is 3.41. The number of halogens is 3. The first kappa shape index (κ1) is 26.7. The van der Waals surface area contributed by atoms with Gasteiger partial charge >= 0.3 is 0 Å². The summed E-state index contributed by atoms with van der Waals surface area (Å²) in [6, 6.07) is 12.3. The molecule has 0 bridgehead atoms. The molecule has 1 heterocycles. The van der Waals surface area contributed by atoms with Crippen LogP contribution in [0.1, 0.15) is 56.6 Å². The number of hydrogen-bond donors (Lipinski definition) is 1. The zero-order valence-corrected chi connectivity index (χ0v) is 21.8. The van der Waals surface area contributed by atoms with Crippen LogP contribution in [-0.2, 0) is 10.2 Å². The molecule has 1 N–H and O–H groups in total. The van der Waals surface area contributed by atoms with E-state index in [1.807, 2.05) is 27.7 Å². The molecule has 6 nitrogen and oxygen atoms in total. The van der Waals surface area contributed by atoms with Crippen molar-refractivity contribution in [1.29, 1.82) is 0 Å². The van der Waals surface area contributed by atoms with Crippen LogP contribution in [0.2, 0.25) is 10.0 Å². The molecule has 35 heavy (non-hydrogen) atoms. The minimum atomic E-state index is -0.504. The van der Waals surface area contributed by atoms with Gasteiger partial charge in [-0.15, -0.1) is 0 Å². The summed E-state index contributed by atoms with van der Waals surface area (Å²) in [5, 5.41) is 8.32. The van der Waals surface area contributed by atoms with Crippen molar-refractivity contribution in [1.82, 2.24) is 14.7 Å². The maximum Gasteiger partial charge on any atom is 0.254 e. The number of unbranched alkanes of at least 4 members (excludes halogenated alkanes) is 1. The molecule has 0 saturated carbocycles. The lowest BCUT2D eigenvalue weighted by molar-refractivity contribution is -0.116. The highest BCUT2D eigenvalue weighted by Gasteiger charge is 2.24. The lowest BCUT2D eigenvalue weighted by Gasteiger charge is -2.22. The summed E-state index contributed by atoms with van der Waals surface area (Å²) in [5.74, 6) is -0.864. The first-order chi connectivity index (χ1) is 16.5. The zero-order valence-electron chi connectivity index (χ0n) is 20.2. The molecule has 9 heteroatoms. The largest absolute Gasteiger partial charge is 0.329 e. The molecule has 0 aliphatic carbocycles. The van der Waals surface area contributed by atoms with Gasteiger partial charge in [-0.3, -0.25) is 9.59 Å². The second kappa shape index (κ2) is 11.2. The monoisotopic (exact) mass is 518 g/mol. The lowest BCUT2D eigenvalue weighted by Crippen LogP contribution is -2.39. The highest BCUT2D eigenvalue weighted by atomic mass is 35.5. The van der Waals surface area contributed by atoms with E-state index < -0.39 is 17.6 Å². The van der Waals surface area contributed by atoms with E-state index in [0.717, 1.165) is 12.1 Å². The van der Waals surface area contributed by atoms with Crippen molar-refractivity contribution < 1.29 is 14.0 Å². The number of carbonyl (C=O) groups excluding carboxylic acids is 2. The number of anilines is 1. The maximum atomic E-state index is 13.7. The van der Waals surface area contributed by atoms with E-state index >= 15 is 0 Å². The van der Waals surface area contributed by atoms with Gasteiger partial charge in [0.1, 0.15) is 18.2 Å². The third-order valence-electron chi connectivity index (χ3n) is 5.37. The number of carbonyl (C=O) groups is 2. The van der Waals surface area contributed by atoms with Crippen molar-refractivity contribution in [2.45, 2.75) is 46.0 Å². The summed E-state index contributed by atoms with van der Waals surface area (Å²) < 4.78 is 15.3. The van der Waals surface area contributed by atoms with Crippen molar-refractivity contribution in [2.24, 2.45) is 0 Å². The van der Waals surface area contributed by atoms with Crippen LogP contribution in [0.3, 0.4) is 0 Å². The van der Waals surface area contributed by atoms with Crippen LogP contribution in [-0.4, -0.2) is 39.6 Å². The Bertz CT molecular complexity index is 1220. The summed E-state index contributed by atoms with van der Waals surface area (Å²) >= 11 is 12.3. The number of amides is 2. The van der Waals surface area contributed by atoms with Crippen molar-refractivity contribution in [3.8, 4) is 5.69 Å². The summed E-state index contributed by atoms with van der Waals surface area (Å²) in [6.45, 7) is 8.23. The summed E-state index contributed by atoms with van der Waals surface area (Å²) in [6.07, 6.45) is 1.55. The van der Waals surface area contributed by atoms with Crippen LogP contribution in [0, 0.1) is 5.82 Å². The standard InChI is InChI=1S/C26H29Cl2FN4O2/c1-5-6-12-32(25(35)17-8-7-9-18(29)13-17)16-24(34)30-23-15-22(26(2,3)4)31-33(23)19-10-11-20(27)21(28)14-19/h7-11,13-15H,5-6,12,16H2,1-4H3,(H,30,34). The zero-order chi connectivity index (χ0) is 25.8. The van der Waals surface area contributed by atoms with Gasteiger partial charge in [0, 0.05) is 23.6 Å². The molecule has 1 aromatic heterocycles. The van der Waals surface area contributed by atoms with Gasteiger partial charge in [0.2, 0.25) is 5.91 Å². The molecule has 186 valence electrons. The van der Waals surface area contributed by atoms with Gasteiger partial charge in [0.05, 0.1) is 21.4 Å². The van der Waals surface area contributed by atoms with E-state index in [4.69, 9.17) is 23.2 Å². The van der Waals surface area contributed by atoms with Crippen molar-refractivity contribution in [2.75, 3.05) is 18.4 Å². The van der Waals surface area contributed by atoms with Crippen LogP contribution in [0.25, 0.3) is 5.69 Å². The fraction of sp³-hybridized carbons (Fsp3) is 0.346. The average Bonchev–Trinajstić information content (AvgIpc) is 3.22. The van der Waals surface area contributed by atoms with Gasteiger partial charge in [-0.05, 0) is 42.8 Å². The molecule has 0 atom stereocenters. The van der Waals surface area contributed by atoms with Crippen molar-refractivity contribution >= 4 is 40.8 Å². The Hall–Kier alpha value is -2.90. The Kier molecular flexibility index (Phi) is 8.56. The van der Waals surface area contributed by atoms with E-state index in [0.29, 0.717) is 34.5 Å². The van der Waals surface area contributed by atoms with E-state index in [9.17, 15) is 14.0 Å². The van der Waals surface area contributed by atoms with Gasteiger partial charge < -0.3 is 10.2 Å². The van der Waals surface area contributed by atoms with Gasteiger partial charge in [0.25, 0.3) is 5.91 Å². The van der Waals surface area contributed by atoms with Crippen molar-refractivity contribution in [3.63, 3.8) is 0 Å². The number of hydrogen-bond acceptors (Lipinski definition) is 3. The Labute approximate surface area is 215 Å². The Morgan fingerprint density at radius 3 is 2.46 bits per heavy atom. The minimum absolute atomic E-state index is 0.188. The smallest absolute Gasteiger partial charge is 0.254 e. The molecule has 0 aliphatic rings. The second-order valence-electron chi connectivity index (χ2n) is 9.31. The third kappa shape index (κ3) is 6.83. The summed E-state index contributed by atoms with van der Waals surface area (Å²) in [4.78, 5) is 27.5. The highest BCUT2D eigenvalue weighted by Crippen LogP contribution is 2.29. The molecule has 0 unspecified atom stereocenters. The molecular weight excluding hydrogens is 490 g/mol. The van der Waals surface area contributed by atoms with E-state index in [2.05, 4.69) is 10.4 Å². The first-order valence-corrected chi connectivity index (χ1v) is 12.2. The van der Waals surface area contributed by atoms with Crippen LogP contribution < -0.4 is 5.32 Å². The van der Waals surface area contributed by atoms with Crippen molar-refractivity contribution in [3.05, 3.63) is 75.7 Å². The number of benzene rings is 2. The third-order valence-corrected chi connectivity index (χ3v) is 6.11. The number of nitrogens with zero attached hydrogens (tertiary/aromatic N) is 3. The normalized spacial score (nSPS) is 11.4. The molecule has 2 amide bonds. The van der Waals surface area contributed by atoms with Crippen LogP contribution in [0.4, 0.5) is 10.2 Å². The molecular formula is C26H29Cl2FN4O2. The second-order valence-corrected chi connectivity index (χ2v) is 10.1. The molecule has 0 radical (unpaired) electrons. The number of aromatic nitrogens is 2. The first-order valence-electron chi connectivity index (χ1n) is 11.4. The number of nitrogens with one attached hydrogen (secondary N) is 1. The Morgan fingerprint density at radius 2 is 1.83 bits per heavy atom. The molecule has 0 saturated heterocycles. The molecule has 0 aliphatic heterocycles. The maximum absolute atomic E-state index is 13.7. The molecule has 3 aromatic rings. The SMILES string of the molecule is CCCCN(CC(=O)Nc1cc(C(C)(C)C)nn1-c1ccc(Cl)c(Cl)c1)C(=O)c1cccc(F)c1. The van der Waals surface area contributed by atoms with Crippen LogP contribution in [0.15, 0.2) is 48.5 Å². The van der Waals surface area contributed by atoms with E-state index in [1.165, 1.54) is 29.2 Å². The van der Waals surface area contributed by atoms with E-state index in [-0.39, 0.29) is 17.5 Å². The molecule has 0 spiro atoms. The van der Waals surface area contributed by atoms with Gasteiger partial charge in [-0.25, -0.2) is 9.07 Å². The predicted octanol–water partition coefficient (Wildman–Crippen LogP) is 6.50. The topological polar surface area (TPSA) is 67.2 Å². The Balaban J connectivity index is 1.88. The number of rotatable bonds is 8. The lowest BCUT2D eigenvalue weighted by atomic mass is 9.92. The Morgan fingerprint density at radius 1 is 1.09 bits per heavy atom. The molecule has 3 rings (SSSR count). The minimum Gasteiger partial charge on any atom is -0.329 e. The van der Waals surface area contributed by atoms with Gasteiger partial charge in [-0.2, -0.15) is 5.10 Å². The van der Waals surface area contributed by atoms with Crippen LogP contribution >= 0.6 is 23.2 Å². The van der Waals surface area contributed by atoms with E-state index in [1.54, 1.807) is 28.9 Å². The fourth-order valence-corrected chi connectivity index (χ4v) is 3.70. The quantitative estimate of drug-likeness (QED) is 0.370. The summed E-state index contributed by atoms with van der Waals surface area (Å²) in [5.41, 5.74) is 1.31. The predicted molar refractivity (Wildman–Crippen MR) is 138 cm³/mol.